The molecule has 0 bridgehead atoms. The Morgan fingerprint density at radius 2 is 1.84 bits per heavy atom. The van der Waals surface area contributed by atoms with Crippen molar-refractivity contribution in [2.24, 2.45) is 5.10 Å². The van der Waals surface area contributed by atoms with Crippen molar-refractivity contribution in [1.29, 1.82) is 0 Å². The summed E-state index contributed by atoms with van der Waals surface area (Å²) in [4.78, 5) is 11.2. The van der Waals surface area contributed by atoms with Gasteiger partial charge in [0.2, 0.25) is 0 Å². The zero-order valence-corrected chi connectivity index (χ0v) is 9.45. The van der Waals surface area contributed by atoms with Gasteiger partial charge in [0.1, 0.15) is 0 Å². The molecule has 8 heteroatoms. The predicted octanol–water partition coefficient (Wildman–Crippen LogP) is 2.17. The zero-order valence-electron chi connectivity index (χ0n) is 9.45. The third-order valence-electron chi connectivity index (χ3n) is 2.26. The van der Waals surface area contributed by atoms with E-state index < -0.39 is 23.0 Å². The zero-order chi connectivity index (χ0) is 13.9. The molecule has 0 aliphatic carbocycles. The van der Waals surface area contributed by atoms with Gasteiger partial charge in [-0.25, -0.2) is 0 Å². The maximum atomic E-state index is 12.5. The number of anilines is 1. The van der Waals surface area contributed by atoms with E-state index in [1.54, 1.807) is 35.4 Å². The molecule has 19 heavy (non-hydrogen) atoms. The van der Waals surface area contributed by atoms with Crippen LogP contribution in [0.3, 0.4) is 0 Å². The molecular weight excluding hydrogens is 261 g/mol. The van der Waals surface area contributed by atoms with Gasteiger partial charge in [-0.05, 0) is 12.1 Å². The number of aromatic amines is 2. The Hall–Kier alpha value is -2.51. The van der Waals surface area contributed by atoms with Gasteiger partial charge >= 0.3 is 6.18 Å². The van der Waals surface area contributed by atoms with Crippen molar-refractivity contribution in [1.82, 2.24) is 10.2 Å². The molecule has 2 rings (SSSR count). The summed E-state index contributed by atoms with van der Waals surface area (Å²) in [6, 6.07) is 8.63. The highest BCUT2D eigenvalue weighted by molar-refractivity contribution is 5.81. The monoisotopic (exact) mass is 270 g/mol. The summed E-state index contributed by atoms with van der Waals surface area (Å²) in [6.07, 6.45) is -3.82. The number of rotatable bonds is 3. The van der Waals surface area contributed by atoms with Crippen molar-refractivity contribution in [2.45, 2.75) is 6.18 Å². The first-order valence-electron chi connectivity index (χ1n) is 5.20. The van der Waals surface area contributed by atoms with E-state index >= 15 is 0 Å². The van der Waals surface area contributed by atoms with E-state index in [1.807, 2.05) is 5.10 Å². The fourth-order valence-corrected chi connectivity index (χ4v) is 1.40. The van der Waals surface area contributed by atoms with Gasteiger partial charge in [0.05, 0.1) is 17.5 Å². The van der Waals surface area contributed by atoms with E-state index in [-0.39, 0.29) is 0 Å². The molecule has 0 atom stereocenters. The molecule has 0 spiro atoms. The van der Waals surface area contributed by atoms with Gasteiger partial charge in [-0.2, -0.15) is 18.3 Å². The van der Waals surface area contributed by atoms with Crippen LogP contribution in [0.1, 0.15) is 11.3 Å². The number of H-pyrrole nitrogens is 2. The Morgan fingerprint density at radius 3 is 2.47 bits per heavy atom. The standard InChI is InChI=1S/C11H9F3N4O/c12-11(13,14)9-8(10(19)18-17-9)6-15-16-7-4-2-1-3-5-7/h1-6,16H,(H2,17,18,19)/b15-6+. The number of nitrogens with zero attached hydrogens (tertiary/aromatic N) is 1. The van der Waals surface area contributed by atoms with Gasteiger partial charge in [0.15, 0.2) is 5.69 Å². The van der Waals surface area contributed by atoms with Crippen molar-refractivity contribution < 1.29 is 13.2 Å². The molecule has 0 aliphatic rings. The second-order valence-electron chi connectivity index (χ2n) is 3.60. The van der Waals surface area contributed by atoms with Crippen molar-refractivity contribution in [3.05, 3.63) is 51.9 Å². The topological polar surface area (TPSA) is 73.0 Å². The van der Waals surface area contributed by atoms with Crippen LogP contribution >= 0.6 is 0 Å². The van der Waals surface area contributed by atoms with Crippen LogP contribution in [0.4, 0.5) is 18.9 Å². The molecule has 0 aliphatic heterocycles. The number of hydrazone groups is 1. The first kappa shape index (κ1) is 12.9. The molecule has 1 aromatic carbocycles. The predicted molar refractivity (Wildman–Crippen MR) is 64.1 cm³/mol. The number of para-hydroxylation sites is 1. The quantitative estimate of drug-likeness (QED) is 0.590. The lowest BCUT2D eigenvalue weighted by Crippen LogP contribution is -2.13. The molecule has 1 heterocycles. The minimum Gasteiger partial charge on any atom is -0.293 e. The average Bonchev–Trinajstić information content (AvgIpc) is 2.72. The van der Waals surface area contributed by atoms with E-state index in [0.29, 0.717) is 5.69 Å². The van der Waals surface area contributed by atoms with Crippen molar-refractivity contribution in [3.8, 4) is 0 Å². The third kappa shape index (κ3) is 3.03. The lowest BCUT2D eigenvalue weighted by Gasteiger charge is -2.03. The number of hydrogen-bond donors (Lipinski definition) is 3. The highest BCUT2D eigenvalue weighted by Crippen LogP contribution is 2.28. The number of benzene rings is 1. The fraction of sp³-hybridized carbons (Fsp3) is 0.0909. The van der Waals surface area contributed by atoms with Crippen molar-refractivity contribution >= 4 is 11.9 Å². The lowest BCUT2D eigenvalue weighted by molar-refractivity contribution is -0.141. The van der Waals surface area contributed by atoms with Crippen LogP contribution in [-0.4, -0.2) is 16.4 Å². The average molecular weight is 270 g/mol. The Labute approximate surface area is 105 Å². The smallest absolute Gasteiger partial charge is 0.293 e. The molecule has 100 valence electrons. The minimum absolute atomic E-state index is 0.573. The van der Waals surface area contributed by atoms with Gasteiger partial charge in [0, 0.05) is 0 Å². The first-order valence-corrected chi connectivity index (χ1v) is 5.20. The lowest BCUT2D eigenvalue weighted by atomic mass is 10.2. The first-order chi connectivity index (χ1) is 8.98. The molecule has 0 fully saturated rings. The molecule has 2 aromatic rings. The molecule has 0 amide bonds. The van der Waals surface area contributed by atoms with Crippen LogP contribution in [-0.2, 0) is 6.18 Å². The second-order valence-corrected chi connectivity index (χ2v) is 3.60. The van der Waals surface area contributed by atoms with E-state index in [9.17, 15) is 18.0 Å². The van der Waals surface area contributed by atoms with Gasteiger partial charge < -0.3 is 0 Å². The molecule has 1 aromatic heterocycles. The van der Waals surface area contributed by atoms with E-state index in [1.165, 1.54) is 0 Å². The normalized spacial score (nSPS) is 11.9. The number of nitrogens with one attached hydrogen (secondary N) is 3. The Morgan fingerprint density at radius 1 is 1.16 bits per heavy atom. The van der Waals surface area contributed by atoms with E-state index in [2.05, 4.69) is 10.5 Å². The molecular formula is C11H9F3N4O. The van der Waals surface area contributed by atoms with E-state index in [4.69, 9.17) is 0 Å². The van der Waals surface area contributed by atoms with Crippen LogP contribution in [0.2, 0.25) is 0 Å². The van der Waals surface area contributed by atoms with Gasteiger partial charge in [-0.1, -0.05) is 18.2 Å². The van der Waals surface area contributed by atoms with Crippen molar-refractivity contribution in [3.63, 3.8) is 0 Å². The van der Waals surface area contributed by atoms with E-state index in [0.717, 1.165) is 6.21 Å². The SMILES string of the molecule is O=c1[nH][nH]c(C(F)(F)F)c1/C=N/Nc1ccccc1. The second kappa shape index (κ2) is 5.01. The van der Waals surface area contributed by atoms with Crippen LogP contribution in [0, 0.1) is 0 Å². The Bertz CT molecular complexity index is 627. The summed E-state index contributed by atoms with van der Waals surface area (Å²) in [5.74, 6) is 0. The van der Waals surface area contributed by atoms with Crippen LogP contribution < -0.4 is 11.0 Å². The molecule has 0 unspecified atom stereocenters. The summed E-state index contributed by atoms with van der Waals surface area (Å²) in [6.45, 7) is 0. The Balaban J connectivity index is 2.20. The van der Waals surface area contributed by atoms with Crippen LogP contribution in [0.5, 0.6) is 0 Å². The summed E-state index contributed by atoms with van der Waals surface area (Å²) < 4.78 is 37.6. The highest BCUT2D eigenvalue weighted by atomic mass is 19.4. The van der Waals surface area contributed by atoms with Crippen LogP contribution in [0.25, 0.3) is 0 Å². The summed E-state index contributed by atoms with van der Waals surface area (Å²) >= 11 is 0. The van der Waals surface area contributed by atoms with Gasteiger partial charge in [-0.15, -0.1) is 0 Å². The summed E-state index contributed by atoms with van der Waals surface area (Å²) in [5.41, 5.74) is 0.508. The Kier molecular flexibility index (Phi) is 3.41. The number of aromatic nitrogens is 2. The molecule has 5 nitrogen and oxygen atoms in total. The van der Waals surface area contributed by atoms with Gasteiger partial charge in [0.25, 0.3) is 5.56 Å². The minimum atomic E-state index is -4.65. The maximum Gasteiger partial charge on any atom is 0.433 e. The van der Waals surface area contributed by atoms with Crippen molar-refractivity contribution in [2.75, 3.05) is 5.43 Å². The third-order valence-corrected chi connectivity index (χ3v) is 2.26. The fourth-order valence-electron chi connectivity index (χ4n) is 1.40. The number of halogens is 3. The summed E-state index contributed by atoms with van der Waals surface area (Å²) in [5, 5.41) is 7.26. The molecule has 0 radical (unpaired) electrons. The summed E-state index contributed by atoms with van der Waals surface area (Å²) in [7, 11) is 0. The maximum absolute atomic E-state index is 12.5. The molecule has 0 saturated heterocycles. The molecule has 0 saturated carbocycles. The van der Waals surface area contributed by atoms with Gasteiger partial charge in [-0.3, -0.25) is 20.4 Å². The highest BCUT2D eigenvalue weighted by Gasteiger charge is 2.36. The van der Waals surface area contributed by atoms with Crippen LogP contribution in [0.15, 0.2) is 40.2 Å². The number of hydrogen-bond acceptors (Lipinski definition) is 3. The molecule has 3 N–H and O–H groups in total. The largest absolute Gasteiger partial charge is 0.433 e. The number of alkyl halides is 3.